The lowest BCUT2D eigenvalue weighted by Gasteiger charge is -2.07. The van der Waals surface area contributed by atoms with E-state index in [2.05, 4.69) is 9.05 Å². The average molecular weight is 228 g/mol. The Hall–Kier alpha value is -0.160. The molecular formula is C6H13O5PS. The van der Waals surface area contributed by atoms with Crippen molar-refractivity contribution in [3.8, 4) is 0 Å². The van der Waals surface area contributed by atoms with E-state index in [-0.39, 0.29) is 5.75 Å². The van der Waals surface area contributed by atoms with Gasteiger partial charge < -0.3 is 9.05 Å². The second-order valence-electron chi connectivity index (χ2n) is 2.14. The molecule has 0 N–H and O–H groups in total. The first-order valence-corrected chi connectivity index (χ1v) is 6.85. The fourth-order valence-electron chi connectivity index (χ4n) is 0.460. The van der Waals surface area contributed by atoms with Gasteiger partial charge in [-0.15, -0.1) is 0 Å². The number of hydrogen-bond donors (Lipinski definition) is 0. The summed E-state index contributed by atoms with van der Waals surface area (Å²) in [5.41, 5.74) is 0. The van der Waals surface area contributed by atoms with Crippen LogP contribution in [0.25, 0.3) is 0 Å². The molecule has 0 aliphatic heterocycles. The Morgan fingerprint density at radius 2 is 1.77 bits per heavy atom. The quantitative estimate of drug-likeness (QED) is 0.665. The molecular weight excluding hydrogens is 215 g/mol. The standard InChI is InChI=1S/C6H13O5PS/c1-4-13(8,9)6-5-12(7,10-2)11-3/h5-6H,4H2,1-3H3/b6-5+. The first kappa shape index (κ1) is 12.8. The Bertz CT molecular complexity index is 310. The minimum Gasteiger partial charge on any atom is -0.309 e. The van der Waals surface area contributed by atoms with E-state index in [4.69, 9.17) is 0 Å². The van der Waals surface area contributed by atoms with E-state index in [0.717, 1.165) is 11.2 Å². The van der Waals surface area contributed by atoms with E-state index in [1.807, 2.05) is 0 Å². The van der Waals surface area contributed by atoms with Crippen LogP contribution in [0.3, 0.4) is 0 Å². The third-order valence-electron chi connectivity index (χ3n) is 1.36. The van der Waals surface area contributed by atoms with Crippen molar-refractivity contribution >= 4 is 17.4 Å². The zero-order chi connectivity index (χ0) is 10.5. The van der Waals surface area contributed by atoms with Crippen molar-refractivity contribution < 1.29 is 22.0 Å². The predicted octanol–water partition coefficient (Wildman–Crippen LogP) is 1.38. The van der Waals surface area contributed by atoms with Crippen molar-refractivity contribution in [1.29, 1.82) is 0 Å². The van der Waals surface area contributed by atoms with Gasteiger partial charge >= 0.3 is 7.60 Å². The summed E-state index contributed by atoms with van der Waals surface area (Å²) in [6, 6.07) is 0. The maximum absolute atomic E-state index is 11.3. The van der Waals surface area contributed by atoms with Gasteiger partial charge in [-0.25, -0.2) is 8.42 Å². The van der Waals surface area contributed by atoms with Crippen LogP contribution in [0.15, 0.2) is 11.2 Å². The zero-order valence-electron chi connectivity index (χ0n) is 7.76. The molecule has 0 fully saturated rings. The highest BCUT2D eigenvalue weighted by Crippen LogP contribution is 2.47. The summed E-state index contributed by atoms with van der Waals surface area (Å²) in [5.74, 6) is 0.892. The van der Waals surface area contributed by atoms with Gasteiger partial charge in [0, 0.05) is 25.4 Å². The lowest BCUT2D eigenvalue weighted by Crippen LogP contribution is -1.97. The van der Waals surface area contributed by atoms with Crippen LogP contribution in [-0.2, 0) is 23.4 Å². The van der Waals surface area contributed by atoms with Gasteiger partial charge in [-0.3, -0.25) is 4.57 Å². The molecule has 0 spiro atoms. The van der Waals surface area contributed by atoms with Gasteiger partial charge in [-0.2, -0.15) is 0 Å². The summed E-state index contributed by atoms with van der Waals surface area (Å²) in [6.07, 6.45) is 0. The molecule has 13 heavy (non-hydrogen) atoms. The van der Waals surface area contributed by atoms with E-state index < -0.39 is 17.4 Å². The van der Waals surface area contributed by atoms with Crippen molar-refractivity contribution in [1.82, 2.24) is 0 Å². The molecule has 0 aliphatic rings. The smallest absolute Gasteiger partial charge is 0.309 e. The van der Waals surface area contributed by atoms with Crippen molar-refractivity contribution in [2.75, 3.05) is 20.0 Å². The van der Waals surface area contributed by atoms with Crippen molar-refractivity contribution in [2.45, 2.75) is 6.92 Å². The van der Waals surface area contributed by atoms with Gasteiger partial charge in [0.1, 0.15) is 0 Å². The summed E-state index contributed by atoms with van der Waals surface area (Å²) in [7, 11) is -4.26. The maximum atomic E-state index is 11.3. The number of sulfone groups is 1. The molecule has 0 saturated heterocycles. The molecule has 78 valence electrons. The van der Waals surface area contributed by atoms with E-state index in [1.165, 1.54) is 21.1 Å². The van der Waals surface area contributed by atoms with Crippen LogP contribution in [0.4, 0.5) is 0 Å². The molecule has 0 unspecified atom stereocenters. The fraction of sp³-hybridized carbons (Fsp3) is 0.667. The highest BCUT2D eigenvalue weighted by molar-refractivity contribution is 7.94. The minimum absolute atomic E-state index is 0.0447. The Kier molecular flexibility index (Phi) is 4.85. The van der Waals surface area contributed by atoms with Gasteiger partial charge in [0.25, 0.3) is 0 Å². The molecule has 0 radical (unpaired) electrons. The molecule has 0 aliphatic carbocycles. The Morgan fingerprint density at radius 1 is 1.31 bits per heavy atom. The van der Waals surface area contributed by atoms with Gasteiger partial charge in [-0.1, -0.05) is 6.92 Å². The fourth-order valence-corrected chi connectivity index (χ4v) is 2.38. The van der Waals surface area contributed by atoms with Crippen LogP contribution in [0.5, 0.6) is 0 Å². The lowest BCUT2D eigenvalue weighted by atomic mass is 11.0. The molecule has 0 bridgehead atoms. The van der Waals surface area contributed by atoms with Crippen LogP contribution in [0.1, 0.15) is 6.92 Å². The van der Waals surface area contributed by atoms with Gasteiger partial charge in [0.05, 0.1) is 5.75 Å². The third-order valence-corrected chi connectivity index (χ3v) is 4.45. The molecule has 0 aromatic rings. The van der Waals surface area contributed by atoms with Crippen LogP contribution in [0, 0.1) is 0 Å². The summed E-state index contributed by atoms with van der Waals surface area (Å²) >= 11 is 0. The van der Waals surface area contributed by atoms with Crippen LogP contribution in [-0.4, -0.2) is 28.4 Å². The second kappa shape index (κ2) is 4.91. The molecule has 0 rings (SSSR count). The molecule has 0 aromatic carbocycles. The Balaban J connectivity index is 4.70. The van der Waals surface area contributed by atoms with E-state index in [9.17, 15) is 13.0 Å². The van der Waals surface area contributed by atoms with Crippen LogP contribution >= 0.6 is 7.60 Å². The molecule has 7 heteroatoms. The first-order chi connectivity index (χ1) is 5.89. The molecule has 0 aromatic heterocycles. The van der Waals surface area contributed by atoms with Crippen molar-refractivity contribution in [3.63, 3.8) is 0 Å². The average Bonchev–Trinajstić information content (AvgIpc) is 2.14. The summed E-state index contributed by atoms with van der Waals surface area (Å²) in [4.78, 5) is 0. The van der Waals surface area contributed by atoms with Crippen LogP contribution < -0.4 is 0 Å². The molecule has 5 nitrogen and oxygen atoms in total. The normalized spacial score (nSPS) is 13.8. The molecule has 0 atom stereocenters. The molecule has 0 amide bonds. The minimum atomic E-state index is -3.35. The monoisotopic (exact) mass is 228 g/mol. The number of hydrogen-bond acceptors (Lipinski definition) is 5. The third kappa shape index (κ3) is 4.57. The topological polar surface area (TPSA) is 69.7 Å². The SMILES string of the molecule is CCS(=O)(=O)/C=C/P(=O)(OC)OC. The Labute approximate surface area is 78.2 Å². The van der Waals surface area contributed by atoms with E-state index in [1.54, 1.807) is 0 Å². The molecule has 0 heterocycles. The van der Waals surface area contributed by atoms with Crippen molar-refractivity contribution in [2.24, 2.45) is 0 Å². The van der Waals surface area contributed by atoms with Gasteiger partial charge in [0.2, 0.25) is 0 Å². The first-order valence-electron chi connectivity index (χ1n) is 3.52. The van der Waals surface area contributed by atoms with Crippen molar-refractivity contribution in [3.05, 3.63) is 11.2 Å². The van der Waals surface area contributed by atoms with E-state index in [0.29, 0.717) is 0 Å². The summed E-state index contributed by atoms with van der Waals surface area (Å²) in [6.45, 7) is 1.49. The zero-order valence-corrected chi connectivity index (χ0v) is 9.47. The molecule has 0 saturated carbocycles. The predicted molar refractivity (Wildman–Crippen MR) is 50.2 cm³/mol. The van der Waals surface area contributed by atoms with E-state index >= 15 is 0 Å². The highest BCUT2D eigenvalue weighted by Gasteiger charge is 2.17. The maximum Gasteiger partial charge on any atom is 0.354 e. The largest absolute Gasteiger partial charge is 0.354 e. The second-order valence-corrected chi connectivity index (χ2v) is 6.43. The lowest BCUT2D eigenvalue weighted by molar-refractivity contribution is 0.286. The highest BCUT2D eigenvalue weighted by atomic mass is 32.2. The summed E-state index contributed by atoms with van der Waals surface area (Å²) < 4.78 is 42.3. The van der Waals surface area contributed by atoms with Gasteiger partial charge in [-0.05, 0) is 0 Å². The summed E-state index contributed by atoms with van der Waals surface area (Å²) in [5, 5.41) is 0.848. The Morgan fingerprint density at radius 3 is 2.08 bits per heavy atom. The number of rotatable bonds is 5. The van der Waals surface area contributed by atoms with Crippen LogP contribution in [0.2, 0.25) is 0 Å². The van der Waals surface area contributed by atoms with Gasteiger partial charge in [0.15, 0.2) is 9.84 Å².